The summed E-state index contributed by atoms with van der Waals surface area (Å²) in [6, 6.07) is 16.9. The first kappa shape index (κ1) is 41.0. The third kappa shape index (κ3) is 8.73. The van der Waals surface area contributed by atoms with Gasteiger partial charge in [0, 0.05) is 75.2 Å². The number of aromatic nitrogens is 3. The van der Waals surface area contributed by atoms with Crippen LogP contribution in [-0.4, -0.2) is 53.1 Å². The Kier molecular flexibility index (Phi) is 14.2. The highest BCUT2D eigenvalue weighted by Gasteiger charge is 2.45. The first-order chi connectivity index (χ1) is 23.2. The molecule has 0 saturated carbocycles. The van der Waals surface area contributed by atoms with E-state index in [1.54, 1.807) is 66.1 Å². The minimum Gasteiger partial charge on any atom is -0.493 e. The van der Waals surface area contributed by atoms with Gasteiger partial charge in [0.25, 0.3) is 5.56 Å². The molecule has 0 aliphatic carbocycles. The minimum absolute atomic E-state index is 0. The summed E-state index contributed by atoms with van der Waals surface area (Å²) in [5.41, 5.74) is 3.52. The van der Waals surface area contributed by atoms with Gasteiger partial charge >= 0.3 is 0 Å². The molecule has 0 fully saturated rings. The number of furan rings is 1. The highest BCUT2D eigenvalue weighted by atomic mass is 35.5. The second-order valence-electron chi connectivity index (χ2n) is 12.4. The number of ether oxygens (including phenoxy) is 1. The van der Waals surface area contributed by atoms with Gasteiger partial charge in [-0.05, 0) is 87.8 Å². The van der Waals surface area contributed by atoms with Gasteiger partial charge < -0.3 is 28.8 Å². The Morgan fingerprint density at radius 1 is 0.941 bits per heavy atom. The number of anilines is 2. The van der Waals surface area contributed by atoms with Crippen LogP contribution >= 0.6 is 37.2 Å². The van der Waals surface area contributed by atoms with Crippen molar-refractivity contribution in [1.29, 1.82) is 0 Å². The predicted molar refractivity (Wildman–Crippen MR) is 207 cm³/mol. The number of fused-ring (bicyclic) bond motifs is 2. The lowest BCUT2D eigenvalue weighted by atomic mass is 9.90. The van der Waals surface area contributed by atoms with Gasteiger partial charge in [-0.15, -0.1) is 37.2 Å². The molecule has 6 rings (SSSR count). The lowest BCUT2D eigenvalue weighted by molar-refractivity contribution is -0.137. The van der Waals surface area contributed by atoms with Gasteiger partial charge in [-0.25, -0.2) is 0 Å². The number of hydrogen-bond donors (Lipinski definition) is 1. The maximum atomic E-state index is 13.2. The Balaban J connectivity index is 0.00000234. The van der Waals surface area contributed by atoms with Crippen molar-refractivity contribution < 1.29 is 18.7 Å². The average Bonchev–Trinajstić information content (AvgIpc) is 3.54. The quantitative estimate of drug-likeness (QED) is 0.114. The van der Waals surface area contributed by atoms with Gasteiger partial charge in [0.15, 0.2) is 0 Å². The second kappa shape index (κ2) is 17.7. The molecule has 11 nitrogen and oxygen atoms in total. The third-order valence-corrected chi connectivity index (χ3v) is 8.72. The Morgan fingerprint density at radius 2 is 1.75 bits per heavy atom. The number of carbonyl (C=O) groups is 2. The second-order valence-corrected chi connectivity index (χ2v) is 12.4. The van der Waals surface area contributed by atoms with E-state index in [0.29, 0.717) is 66.5 Å². The van der Waals surface area contributed by atoms with Gasteiger partial charge in [-0.1, -0.05) is 0 Å². The summed E-state index contributed by atoms with van der Waals surface area (Å²) in [6.07, 6.45) is 8.36. The fourth-order valence-electron chi connectivity index (χ4n) is 6.00. The molecule has 1 aliphatic heterocycles. The van der Waals surface area contributed by atoms with Gasteiger partial charge in [0.05, 0.1) is 23.4 Å². The molecule has 272 valence electrons. The van der Waals surface area contributed by atoms with E-state index >= 15 is 0 Å². The van der Waals surface area contributed by atoms with Crippen LogP contribution in [0.15, 0.2) is 88.6 Å². The number of hydrogen-bond acceptors (Lipinski definition) is 8. The molecule has 0 bridgehead atoms. The zero-order valence-electron chi connectivity index (χ0n) is 29.0. The number of pyridine rings is 3. The molecular weight excluding hydrogens is 715 g/mol. The summed E-state index contributed by atoms with van der Waals surface area (Å²) in [5, 5.41) is 4.00. The minimum atomic E-state index is -1.15. The van der Waals surface area contributed by atoms with E-state index in [1.165, 1.54) is 0 Å². The van der Waals surface area contributed by atoms with Gasteiger partial charge in [0.2, 0.25) is 11.8 Å². The highest BCUT2D eigenvalue weighted by molar-refractivity contribution is 6.20. The fourth-order valence-corrected chi connectivity index (χ4v) is 6.00. The number of nitrogens with one attached hydrogen (secondary N) is 1. The van der Waals surface area contributed by atoms with Crippen LogP contribution in [0.1, 0.15) is 38.4 Å². The maximum absolute atomic E-state index is 13.2. The summed E-state index contributed by atoms with van der Waals surface area (Å²) in [6.45, 7) is 8.13. The maximum Gasteiger partial charge on any atom is 0.261 e. The van der Waals surface area contributed by atoms with Gasteiger partial charge in [0.1, 0.15) is 22.5 Å². The van der Waals surface area contributed by atoms with Crippen molar-refractivity contribution in [3.8, 4) is 17.1 Å². The standard InChI is InChI=1S/C37H40N6O5.3ClH/c1-5-43-30-10-9-28(21-31(30)41(4)35(45)37(2,3)36(43)46)47-19-7-15-38-23-25-11-16-40-27(20-25)12-17-42-18-13-32-29(34(42)44)22-33(48-32)26-8-6-14-39-24-26;;;/h6,8-11,13-14,16,18,20-22,24,38H,5,7,12,15,17,19,23H2,1-4H3;3*1H. The van der Waals surface area contributed by atoms with Crippen molar-refractivity contribution >= 4 is 71.4 Å². The van der Waals surface area contributed by atoms with Crippen LogP contribution in [0.5, 0.6) is 5.75 Å². The summed E-state index contributed by atoms with van der Waals surface area (Å²) < 4.78 is 13.6. The molecule has 0 atom stereocenters. The van der Waals surface area contributed by atoms with Crippen molar-refractivity contribution in [2.45, 2.75) is 46.7 Å². The normalized spacial score (nSPS) is 13.5. The monoisotopic (exact) mass is 756 g/mol. The SMILES string of the molecule is CCN1C(=O)C(C)(C)C(=O)N(C)c2cc(OCCCNCc3ccnc(CCn4ccc5oc(-c6cccnc6)cc5c4=O)c3)ccc21.Cl.Cl.Cl. The summed E-state index contributed by atoms with van der Waals surface area (Å²) in [7, 11) is 1.70. The summed E-state index contributed by atoms with van der Waals surface area (Å²) in [5.74, 6) is 0.814. The number of rotatable bonds is 12. The van der Waals surface area contributed by atoms with Crippen LogP contribution in [0, 0.1) is 5.41 Å². The van der Waals surface area contributed by atoms with E-state index in [-0.39, 0.29) is 54.6 Å². The first-order valence-electron chi connectivity index (χ1n) is 16.2. The van der Waals surface area contributed by atoms with E-state index in [2.05, 4.69) is 21.4 Å². The first-order valence-corrected chi connectivity index (χ1v) is 16.2. The van der Waals surface area contributed by atoms with Crippen molar-refractivity contribution in [2.24, 2.45) is 5.41 Å². The molecule has 0 unspecified atom stereocenters. The smallest absolute Gasteiger partial charge is 0.261 e. The summed E-state index contributed by atoms with van der Waals surface area (Å²) in [4.78, 5) is 51.2. The Bertz CT molecular complexity index is 2020. The van der Waals surface area contributed by atoms with Crippen LogP contribution in [0.3, 0.4) is 0 Å². The largest absolute Gasteiger partial charge is 0.493 e. The zero-order valence-corrected chi connectivity index (χ0v) is 31.4. The van der Waals surface area contributed by atoms with Crippen molar-refractivity contribution in [3.05, 3.63) is 101 Å². The van der Waals surface area contributed by atoms with Crippen LogP contribution in [0.2, 0.25) is 0 Å². The molecule has 0 spiro atoms. The van der Waals surface area contributed by atoms with Crippen LogP contribution in [0.4, 0.5) is 11.4 Å². The average molecular weight is 758 g/mol. The van der Waals surface area contributed by atoms with Crippen molar-refractivity contribution in [2.75, 3.05) is 36.5 Å². The Morgan fingerprint density at radius 3 is 2.49 bits per heavy atom. The molecule has 1 aliphatic rings. The number of benzene rings is 1. The van der Waals surface area contributed by atoms with Crippen LogP contribution in [-0.2, 0) is 29.1 Å². The number of halogens is 3. The highest BCUT2D eigenvalue weighted by Crippen LogP contribution is 2.40. The fraction of sp³-hybridized carbons (Fsp3) is 0.324. The van der Waals surface area contributed by atoms with E-state index in [1.807, 2.05) is 49.4 Å². The van der Waals surface area contributed by atoms with E-state index < -0.39 is 5.41 Å². The lowest BCUT2D eigenvalue weighted by Gasteiger charge is -2.27. The van der Waals surface area contributed by atoms with Gasteiger partial charge in [-0.3, -0.25) is 24.4 Å². The van der Waals surface area contributed by atoms with E-state index in [4.69, 9.17) is 9.15 Å². The zero-order chi connectivity index (χ0) is 33.8. The predicted octanol–water partition coefficient (Wildman–Crippen LogP) is 6.47. The Labute approximate surface area is 315 Å². The Hall–Kier alpha value is -4.42. The van der Waals surface area contributed by atoms with Crippen molar-refractivity contribution in [3.63, 3.8) is 0 Å². The molecule has 51 heavy (non-hydrogen) atoms. The molecular formula is C37H43Cl3N6O5. The number of amides is 2. The molecule has 2 amide bonds. The molecule has 1 aromatic carbocycles. The third-order valence-electron chi connectivity index (χ3n) is 8.72. The van der Waals surface area contributed by atoms with Crippen LogP contribution in [0.25, 0.3) is 22.3 Å². The molecule has 14 heteroatoms. The molecule has 1 N–H and O–H groups in total. The topological polar surface area (TPSA) is 123 Å². The summed E-state index contributed by atoms with van der Waals surface area (Å²) >= 11 is 0. The molecule has 0 radical (unpaired) electrons. The molecule has 4 aromatic heterocycles. The molecule has 5 heterocycles. The molecule has 5 aromatic rings. The lowest BCUT2D eigenvalue weighted by Crippen LogP contribution is -2.47. The van der Waals surface area contributed by atoms with Gasteiger partial charge in [-0.2, -0.15) is 0 Å². The number of carbonyl (C=O) groups excluding carboxylic acids is 2. The number of aryl methyl sites for hydroxylation is 2. The molecule has 0 saturated heterocycles. The van der Waals surface area contributed by atoms with E-state index in [0.717, 1.165) is 29.8 Å². The van der Waals surface area contributed by atoms with E-state index in [9.17, 15) is 14.4 Å². The van der Waals surface area contributed by atoms with Crippen LogP contribution < -0.4 is 25.4 Å². The van der Waals surface area contributed by atoms with Crippen molar-refractivity contribution in [1.82, 2.24) is 19.9 Å². The number of nitrogens with zero attached hydrogens (tertiary/aromatic N) is 5.